The van der Waals surface area contributed by atoms with E-state index in [1.807, 2.05) is 0 Å². The van der Waals surface area contributed by atoms with Gasteiger partial charge in [0.2, 0.25) is 0 Å². The van der Waals surface area contributed by atoms with E-state index in [-0.39, 0.29) is 0 Å². The number of rotatable bonds is 1. The van der Waals surface area contributed by atoms with Gasteiger partial charge < -0.3 is 0 Å². The minimum atomic E-state index is -4.47. The van der Waals surface area contributed by atoms with E-state index >= 15 is 0 Å². The van der Waals surface area contributed by atoms with Crippen LogP contribution in [0.25, 0.3) is 10.4 Å². The predicted octanol–water partition coefficient (Wildman–Crippen LogP) is 0.826. The minimum absolute atomic E-state index is 1.18. The van der Waals surface area contributed by atoms with Gasteiger partial charge in [-0.15, -0.1) is 0 Å². The molecule has 0 atom stereocenters. The van der Waals surface area contributed by atoms with Gasteiger partial charge in [-0.05, 0) is 0 Å². The molecule has 0 saturated heterocycles. The molecule has 0 unspecified atom stereocenters. The van der Waals surface area contributed by atoms with Gasteiger partial charge in [-0.1, -0.05) is 0 Å². The van der Waals surface area contributed by atoms with Gasteiger partial charge >= 0.3 is 67.5 Å². The molecule has 12 heavy (non-hydrogen) atoms. The van der Waals surface area contributed by atoms with E-state index in [4.69, 9.17) is 26.6 Å². The summed E-state index contributed by atoms with van der Waals surface area (Å²) in [5.41, 5.74) is 7.97. The van der Waals surface area contributed by atoms with Crippen LogP contribution in [0.5, 0.6) is 0 Å². The zero-order chi connectivity index (χ0) is 9.69. The van der Waals surface area contributed by atoms with Crippen molar-refractivity contribution in [3.63, 3.8) is 0 Å². The number of hydrogen-bond donors (Lipinski definition) is 0. The first-order valence-electron chi connectivity index (χ1n) is 2.03. The van der Waals surface area contributed by atoms with Crippen molar-refractivity contribution in [3.8, 4) is 19.9 Å². The SMILES string of the molecule is N#[C][Cu-4]([C]#N)([C]#N)([C]#N)[N]=[N+]=[N-]. The molecule has 0 aliphatic carbocycles. The Bertz CT molecular complexity index is 349. The summed E-state index contributed by atoms with van der Waals surface area (Å²) in [6.45, 7) is 0. The van der Waals surface area contributed by atoms with E-state index in [9.17, 15) is 0 Å². The fraction of sp³-hybridized carbons (Fsp3) is 0. The van der Waals surface area contributed by atoms with Gasteiger partial charge in [0, 0.05) is 0 Å². The molecule has 8 heteroatoms. The Kier molecular flexibility index (Phi) is 2.29. The molecule has 0 saturated carbocycles. The van der Waals surface area contributed by atoms with Crippen molar-refractivity contribution in [2.24, 2.45) is 4.13 Å². The van der Waals surface area contributed by atoms with Crippen LogP contribution in [0.4, 0.5) is 0 Å². The topological polar surface area (TPSA) is 144 Å². The summed E-state index contributed by atoms with van der Waals surface area (Å²) < 4.78 is 2.70. The van der Waals surface area contributed by atoms with E-state index in [1.54, 1.807) is 0 Å². The summed E-state index contributed by atoms with van der Waals surface area (Å²) in [6.07, 6.45) is 0. The number of nitrogens with zero attached hydrogens (tertiary/aromatic N) is 7. The van der Waals surface area contributed by atoms with Crippen LogP contribution < -0.4 is 0 Å². The van der Waals surface area contributed by atoms with Crippen molar-refractivity contribution in [1.82, 2.24) is 0 Å². The van der Waals surface area contributed by atoms with Crippen molar-refractivity contribution in [1.29, 1.82) is 21.0 Å². The van der Waals surface area contributed by atoms with Crippen molar-refractivity contribution in [3.05, 3.63) is 10.4 Å². The second-order valence-electron chi connectivity index (χ2n) is 1.14. The average Bonchev–Trinajstić information content (AvgIpc) is 2.16. The van der Waals surface area contributed by atoms with E-state index in [2.05, 4.69) is 9.04 Å². The molecule has 0 aromatic heterocycles. The fourth-order valence-electron chi connectivity index (χ4n) is 0.198. The molecule has 0 aromatic carbocycles. The third-order valence-corrected chi connectivity index (χ3v) is 2.77. The van der Waals surface area contributed by atoms with Crippen LogP contribution in [0.3, 0.4) is 0 Å². The first kappa shape index (κ1) is 9.79. The van der Waals surface area contributed by atoms with E-state index in [0.29, 0.717) is 0 Å². The van der Waals surface area contributed by atoms with Crippen LogP contribution in [0, 0.1) is 40.9 Å². The van der Waals surface area contributed by atoms with Crippen molar-refractivity contribution < 1.29 is 12.0 Å². The molecule has 0 rings (SSSR count). The second kappa shape index (κ2) is 2.80. The molecular formula is C4CuN7-4. The molecule has 0 heterocycles. The molecule has 0 aromatic rings. The molecule has 0 bridgehead atoms. The summed E-state index contributed by atoms with van der Waals surface area (Å²) >= 11 is -4.47. The van der Waals surface area contributed by atoms with Gasteiger partial charge in [-0.3, -0.25) is 0 Å². The molecular weight excluding hydrogens is 210 g/mol. The Morgan fingerprint density at radius 2 is 1.33 bits per heavy atom. The van der Waals surface area contributed by atoms with Crippen LogP contribution in [0.15, 0.2) is 4.13 Å². The third kappa shape index (κ3) is 1.02. The Labute approximate surface area is 68.1 Å². The van der Waals surface area contributed by atoms with E-state index in [0.717, 1.165) is 0 Å². The van der Waals surface area contributed by atoms with Gasteiger partial charge in [0.05, 0.1) is 0 Å². The quantitative estimate of drug-likeness (QED) is 0.272. The Balaban J connectivity index is 6.00. The molecule has 7 nitrogen and oxygen atoms in total. The van der Waals surface area contributed by atoms with Crippen molar-refractivity contribution >= 4 is 0 Å². The zero-order valence-corrected chi connectivity index (χ0v) is 6.37. The van der Waals surface area contributed by atoms with Gasteiger partial charge in [0.1, 0.15) is 0 Å². The Morgan fingerprint density at radius 1 is 1.00 bits per heavy atom. The van der Waals surface area contributed by atoms with Crippen LogP contribution in [0.2, 0.25) is 0 Å². The average molecular weight is 210 g/mol. The Morgan fingerprint density at radius 3 is 1.42 bits per heavy atom. The summed E-state index contributed by atoms with van der Waals surface area (Å²) in [5, 5.41) is 33.7. The van der Waals surface area contributed by atoms with Gasteiger partial charge in [-0.2, -0.15) is 0 Å². The van der Waals surface area contributed by atoms with E-state index < -0.39 is 12.0 Å². The normalized spacial score (nSPS) is 11.2. The number of hydrogen-bond acceptors (Lipinski definition) is 5. The first-order valence-corrected chi connectivity index (χ1v) is 4.34. The van der Waals surface area contributed by atoms with Crippen LogP contribution >= 0.6 is 0 Å². The molecule has 66 valence electrons. The van der Waals surface area contributed by atoms with Crippen LogP contribution in [-0.2, 0) is 12.0 Å². The summed E-state index contributed by atoms with van der Waals surface area (Å²) in [7, 11) is 0. The second-order valence-corrected chi connectivity index (χ2v) is 4.43. The molecule has 0 N–H and O–H groups in total. The zero-order valence-electron chi connectivity index (χ0n) is 5.43. The standard InChI is InChI=1S/4CN.Cu.N3/c4*1-2;;1-3-2/q;;;;-3;-1. The summed E-state index contributed by atoms with van der Waals surface area (Å²) in [6, 6.07) is 0. The maximum atomic E-state index is 8.42. The number of azide groups is 1. The molecule has 0 fully saturated rings. The van der Waals surface area contributed by atoms with Gasteiger partial charge in [0.25, 0.3) is 0 Å². The molecule has 0 amide bonds. The van der Waals surface area contributed by atoms with Crippen molar-refractivity contribution in [2.75, 3.05) is 0 Å². The monoisotopic (exact) mass is 209 g/mol. The van der Waals surface area contributed by atoms with Crippen molar-refractivity contribution in [2.45, 2.75) is 0 Å². The number of nitriles is 4. The molecule has 0 radical (unpaired) electrons. The van der Waals surface area contributed by atoms with Gasteiger partial charge in [-0.25, -0.2) is 0 Å². The summed E-state index contributed by atoms with van der Waals surface area (Å²) in [4.78, 5) is 6.86. The molecule has 0 aliphatic heterocycles. The molecule has 0 aliphatic rings. The Hall–Kier alpha value is -2.21. The van der Waals surface area contributed by atoms with Crippen LogP contribution in [0.1, 0.15) is 0 Å². The third-order valence-electron chi connectivity index (χ3n) is 0.673. The first-order chi connectivity index (χ1) is 5.62. The van der Waals surface area contributed by atoms with Gasteiger partial charge in [0.15, 0.2) is 0 Å². The fourth-order valence-corrected chi connectivity index (χ4v) is 0.818. The summed E-state index contributed by atoms with van der Waals surface area (Å²) in [5.74, 6) is 0. The van der Waals surface area contributed by atoms with E-state index in [1.165, 1.54) is 19.9 Å². The van der Waals surface area contributed by atoms with Crippen LogP contribution in [-0.4, -0.2) is 0 Å². The predicted molar refractivity (Wildman–Crippen MR) is 31.6 cm³/mol. The molecule has 0 spiro atoms. The maximum absolute atomic E-state index is 8.42.